The molecule has 4 nitrogen and oxygen atoms in total. The fourth-order valence-corrected chi connectivity index (χ4v) is 9.13. The van der Waals surface area contributed by atoms with Gasteiger partial charge in [-0.15, -0.1) is 0 Å². The van der Waals surface area contributed by atoms with Gasteiger partial charge in [-0.3, -0.25) is 0 Å². The number of carbonyl (C=O) groups is 1. The highest BCUT2D eigenvalue weighted by Crippen LogP contribution is 2.38. The molecule has 0 aromatic heterocycles. The Morgan fingerprint density at radius 1 is 0.853 bits per heavy atom. The molecule has 0 fully saturated rings. The molecule has 0 aliphatic carbocycles. The van der Waals surface area contributed by atoms with Crippen LogP contribution in [0.1, 0.15) is 39.2 Å². The molecule has 1 atom stereocenters. The average molecular weight is 477 g/mol. The van der Waals surface area contributed by atoms with Crippen LogP contribution in [-0.2, 0) is 20.6 Å². The van der Waals surface area contributed by atoms with E-state index in [1.165, 1.54) is 10.4 Å². The molecule has 0 N–H and O–H groups in total. The largest absolute Gasteiger partial charge is 0.497 e. The summed E-state index contributed by atoms with van der Waals surface area (Å²) in [7, 11) is -1.06. The highest BCUT2D eigenvalue weighted by atomic mass is 28.4. The van der Waals surface area contributed by atoms with Crippen LogP contribution in [0.25, 0.3) is 0 Å². The first-order chi connectivity index (χ1) is 16.4. The Morgan fingerprint density at radius 3 is 1.88 bits per heavy atom. The minimum atomic E-state index is -2.71. The molecule has 0 aliphatic heterocycles. The van der Waals surface area contributed by atoms with Gasteiger partial charge in [0, 0.05) is 13.0 Å². The zero-order chi connectivity index (χ0) is 24.4. The van der Waals surface area contributed by atoms with Gasteiger partial charge in [0.2, 0.25) is 0 Å². The van der Waals surface area contributed by atoms with E-state index in [1.54, 1.807) is 7.11 Å². The standard InChI is InChI=1S/C29H36O4Si/c1-29(2,3)34(27-11-7-5-8-12-27,28-13-9-6-10-14-28)33-26(19-21-30)20-22-32-23-24-15-17-25(31-4)18-16-24/h5-18,21,26H,19-20,22-23H2,1-4H3/t26-/m0/s1. The van der Waals surface area contributed by atoms with Crippen molar-refractivity contribution in [1.82, 2.24) is 0 Å². The fraction of sp³-hybridized carbons (Fsp3) is 0.345. The molecular formula is C29H36O4Si. The van der Waals surface area contributed by atoms with Gasteiger partial charge in [-0.25, -0.2) is 0 Å². The highest BCUT2D eigenvalue weighted by molar-refractivity contribution is 6.99. The molecule has 0 amide bonds. The molecule has 0 saturated carbocycles. The Balaban J connectivity index is 1.81. The third-order valence-electron chi connectivity index (χ3n) is 6.13. The first-order valence-corrected chi connectivity index (χ1v) is 13.7. The Bertz CT molecular complexity index is 958. The topological polar surface area (TPSA) is 44.8 Å². The smallest absolute Gasteiger partial charge is 0.261 e. The molecule has 3 aromatic carbocycles. The Hall–Kier alpha value is -2.73. The van der Waals surface area contributed by atoms with E-state index < -0.39 is 8.32 Å². The van der Waals surface area contributed by atoms with E-state index >= 15 is 0 Å². The van der Waals surface area contributed by atoms with Crippen molar-refractivity contribution in [2.45, 2.75) is 51.4 Å². The summed E-state index contributed by atoms with van der Waals surface area (Å²) in [6, 6.07) is 28.9. The van der Waals surface area contributed by atoms with Crippen LogP contribution in [0.3, 0.4) is 0 Å². The minimum Gasteiger partial charge on any atom is -0.497 e. The first-order valence-electron chi connectivity index (χ1n) is 11.8. The van der Waals surface area contributed by atoms with Crippen LogP contribution in [0.5, 0.6) is 5.75 Å². The first kappa shape index (κ1) is 25.9. The van der Waals surface area contributed by atoms with Crippen molar-refractivity contribution < 1.29 is 18.7 Å². The van der Waals surface area contributed by atoms with Crippen molar-refractivity contribution in [1.29, 1.82) is 0 Å². The van der Waals surface area contributed by atoms with Crippen LogP contribution in [-0.4, -0.2) is 34.4 Å². The Morgan fingerprint density at radius 2 is 1.41 bits per heavy atom. The number of carbonyl (C=O) groups excluding carboxylic acids is 1. The summed E-state index contributed by atoms with van der Waals surface area (Å²) in [6.45, 7) is 7.77. The molecule has 0 saturated heterocycles. The number of methoxy groups -OCH3 is 1. The van der Waals surface area contributed by atoms with Gasteiger partial charge in [0.15, 0.2) is 0 Å². The van der Waals surface area contributed by atoms with Gasteiger partial charge in [-0.1, -0.05) is 93.6 Å². The molecular weight excluding hydrogens is 440 g/mol. The van der Waals surface area contributed by atoms with Crippen LogP contribution in [0.2, 0.25) is 5.04 Å². The molecule has 34 heavy (non-hydrogen) atoms. The molecule has 0 radical (unpaired) electrons. The maximum atomic E-state index is 11.6. The number of hydrogen-bond acceptors (Lipinski definition) is 4. The van der Waals surface area contributed by atoms with Crippen molar-refractivity contribution in [2.75, 3.05) is 13.7 Å². The lowest BCUT2D eigenvalue weighted by Gasteiger charge is -2.45. The third-order valence-corrected chi connectivity index (χ3v) is 11.2. The van der Waals surface area contributed by atoms with Gasteiger partial charge >= 0.3 is 0 Å². The molecule has 0 unspecified atom stereocenters. The monoisotopic (exact) mass is 476 g/mol. The molecule has 0 bridgehead atoms. The van der Waals surface area contributed by atoms with E-state index in [0.29, 0.717) is 26.1 Å². The van der Waals surface area contributed by atoms with Crippen molar-refractivity contribution in [2.24, 2.45) is 0 Å². The van der Waals surface area contributed by atoms with E-state index in [-0.39, 0.29) is 11.1 Å². The van der Waals surface area contributed by atoms with Gasteiger partial charge in [-0.05, 0) is 39.5 Å². The van der Waals surface area contributed by atoms with Gasteiger partial charge in [0.1, 0.15) is 12.0 Å². The van der Waals surface area contributed by atoms with E-state index in [1.807, 2.05) is 36.4 Å². The van der Waals surface area contributed by atoms with Gasteiger partial charge in [0.05, 0.1) is 19.8 Å². The Kier molecular flexibility index (Phi) is 9.22. The van der Waals surface area contributed by atoms with Gasteiger partial charge < -0.3 is 18.7 Å². The summed E-state index contributed by atoms with van der Waals surface area (Å²) >= 11 is 0. The quantitative estimate of drug-likeness (QED) is 0.206. The molecule has 0 aliphatic rings. The number of ether oxygens (including phenoxy) is 2. The SMILES string of the molecule is COc1ccc(COCC[C@H](CC=O)O[Si](c2ccccc2)(c2ccccc2)C(C)(C)C)cc1. The van der Waals surface area contributed by atoms with Crippen molar-refractivity contribution >= 4 is 25.0 Å². The summed E-state index contributed by atoms with van der Waals surface area (Å²) in [5, 5.41) is 2.29. The summed E-state index contributed by atoms with van der Waals surface area (Å²) in [4.78, 5) is 11.6. The van der Waals surface area contributed by atoms with Gasteiger partial charge in [-0.2, -0.15) is 0 Å². The second kappa shape index (κ2) is 12.1. The van der Waals surface area contributed by atoms with Crippen molar-refractivity contribution in [3.05, 3.63) is 90.5 Å². The third kappa shape index (κ3) is 6.23. The minimum absolute atomic E-state index is 0.138. The number of hydrogen-bond donors (Lipinski definition) is 0. The number of rotatable bonds is 12. The Labute approximate surface area is 205 Å². The summed E-state index contributed by atoms with van der Waals surface area (Å²) < 4.78 is 18.3. The number of benzene rings is 3. The predicted molar refractivity (Wildman–Crippen MR) is 140 cm³/mol. The lowest BCUT2D eigenvalue weighted by atomic mass is 10.2. The van der Waals surface area contributed by atoms with Crippen LogP contribution < -0.4 is 15.1 Å². The van der Waals surface area contributed by atoms with E-state index in [0.717, 1.165) is 17.6 Å². The van der Waals surface area contributed by atoms with Crippen LogP contribution >= 0.6 is 0 Å². The summed E-state index contributed by atoms with van der Waals surface area (Å²) in [6.07, 6.45) is 1.74. The maximum Gasteiger partial charge on any atom is 0.261 e. The second-order valence-corrected chi connectivity index (χ2v) is 13.7. The lowest BCUT2D eigenvalue weighted by Crippen LogP contribution is -2.67. The zero-order valence-corrected chi connectivity index (χ0v) is 21.7. The molecule has 3 rings (SSSR count). The van der Waals surface area contributed by atoms with E-state index in [9.17, 15) is 4.79 Å². The van der Waals surface area contributed by atoms with Crippen molar-refractivity contribution in [3.8, 4) is 5.75 Å². The number of aldehydes is 1. The van der Waals surface area contributed by atoms with Gasteiger partial charge in [0.25, 0.3) is 8.32 Å². The van der Waals surface area contributed by atoms with Crippen molar-refractivity contribution in [3.63, 3.8) is 0 Å². The van der Waals surface area contributed by atoms with Crippen LogP contribution in [0.4, 0.5) is 0 Å². The maximum absolute atomic E-state index is 11.6. The normalized spacial score (nSPS) is 12.8. The zero-order valence-electron chi connectivity index (χ0n) is 20.7. The molecule has 3 aromatic rings. The lowest BCUT2D eigenvalue weighted by molar-refractivity contribution is -0.109. The molecule has 0 heterocycles. The summed E-state index contributed by atoms with van der Waals surface area (Å²) in [5.74, 6) is 0.827. The summed E-state index contributed by atoms with van der Waals surface area (Å²) in [5.41, 5.74) is 1.08. The average Bonchev–Trinajstić information content (AvgIpc) is 2.85. The van der Waals surface area contributed by atoms with E-state index in [4.69, 9.17) is 13.9 Å². The molecule has 0 spiro atoms. The molecule has 5 heteroatoms. The van der Waals surface area contributed by atoms with Crippen LogP contribution in [0, 0.1) is 0 Å². The fourth-order valence-electron chi connectivity index (χ4n) is 4.40. The molecule has 180 valence electrons. The van der Waals surface area contributed by atoms with Crippen LogP contribution in [0.15, 0.2) is 84.9 Å². The highest BCUT2D eigenvalue weighted by Gasteiger charge is 2.51. The predicted octanol–water partition coefficient (Wildman–Crippen LogP) is 5.14. The van der Waals surface area contributed by atoms with E-state index in [2.05, 4.69) is 69.3 Å². The second-order valence-electron chi connectivity index (χ2n) is 9.49.